The number of rotatable bonds is 4. The Kier molecular flexibility index (Phi) is 5.80. The largest absolute Gasteiger partial charge is 0.325 e. The van der Waals surface area contributed by atoms with Crippen molar-refractivity contribution in [3.8, 4) is 6.07 Å². The molecule has 0 atom stereocenters. The van der Waals surface area contributed by atoms with E-state index >= 15 is 0 Å². The zero-order chi connectivity index (χ0) is 17.7. The van der Waals surface area contributed by atoms with Crippen molar-refractivity contribution in [2.24, 2.45) is 0 Å². The number of anilines is 2. The minimum atomic E-state index is -0.397. The minimum Gasteiger partial charge on any atom is -0.325 e. The fourth-order valence-electron chi connectivity index (χ4n) is 2.03. The molecule has 5 nitrogen and oxygen atoms in total. The molecule has 0 aliphatic carbocycles. The second-order valence-corrected chi connectivity index (χ2v) is 5.78. The molecule has 0 spiro atoms. The van der Waals surface area contributed by atoms with Crippen LogP contribution in [-0.4, -0.2) is 18.4 Å². The van der Waals surface area contributed by atoms with E-state index in [1.165, 1.54) is 17.9 Å². The summed E-state index contributed by atoms with van der Waals surface area (Å²) in [5.74, 6) is -0.736. The van der Waals surface area contributed by atoms with Gasteiger partial charge in [0.1, 0.15) is 6.54 Å². The van der Waals surface area contributed by atoms with Gasteiger partial charge in [-0.05, 0) is 42.5 Å². The van der Waals surface area contributed by atoms with Crippen LogP contribution in [0.3, 0.4) is 0 Å². The molecular weight excluding hydrogens is 349 g/mol. The number of hydrogen-bond acceptors (Lipinski definition) is 3. The lowest BCUT2D eigenvalue weighted by atomic mass is 10.2. The molecule has 0 saturated carbocycles. The molecule has 0 aliphatic rings. The Balaban J connectivity index is 2.15. The summed E-state index contributed by atoms with van der Waals surface area (Å²) < 4.78 is 0. The fourth-order valence-corrected chi connectivity index (χ4v) is 2.42. The van der Waals surface area contributed by atoms with Crippen LogP contribution < -0.4 is 10.2 Å². The number of amides is 2. The molecule has 0 saturated heterocycles. The SMILES string of the molecule is CC(=O)N(CC(=O)Nc1ccc(C#N)cc1)c1cc(Cl)ccc1Cl. The van der Waals surface area contributed by atoms with Crippen molar-refractivity contribution < 1.29 is 9.59 Å². The number of carbonyl (C=O) groups excluding carboxylic acids is 2. The summed E-state index contributed by atoms with van der Waals surface area (Å²) in [7, 11) is 0. The molecule has 0 aromatic heterocycles. The van der Waals surface area contributed by atoms with Crippen molar-refractivity contribution >= 4 is 46.4 Å². The second kappa shape index (κ2) is 7.82. The van der Waals surface area contributed by atoms with Crippen LogP contribution in [0.1, 0.15) is 12.5 Å². The molecule has 2 aromatic carbocycles. The van der Waals surface area contributed by atoms with Crippen molar-refractivity contribution in [3.63, 3.8) is 0 Å². The van der Waals surface area contributed by atoms with Gasteiger partial charge in [-0.1, -0.05) is 23.2 Å². The Morgan fingerprint density at radius 3 is 2.42 bits per heavy atom. The summed E-state index contributed by atoms with van der Waals surface area (Å²) in [4.78, 5) is 25.3. The first kappa shape index (κ1) is 17.8. The molecule has 122 valence electrons. The summed E-state index contributed by atoms with van der Waals surface area (Å²) >= 11 is 12.0. The van der Waals surface area contributed by atoms with E-state index in [9.17, 15) is 9.59 Å². The van der Waals surface area contributed by atoms with Gasteiger partial charge in [0.25, 0.3) is 0 Å². The van der Waals surface area contributed by atoms with E-state index in [-0.39, 0.29) is 12.5 Å². The van der Waals surface area contributed by atoms with Crippen LogP contribution >= 0.6 is 23.2 Å². The number of hydrogen-bond donors (Lipinski definition) is 1. The van der Waals surface area contributed by atoms with Gasteiger partial charge in [-0.15, -0.1) is 0 Å². The van der Waals surface area contributed by atoms with Crippen molar-refractivity contribution in [3.05, 3.63) is 58.1 Å². The predicted octanol–water partition coefficient (Wildman–Crippen LogP) is 3.86. The predicted molar refractivity (Wildman–Crippen MR) is 94.3 cm³/mol. The summed E-state index contributed by atoms with van der Waals surface area (Å²) in [6.07, 6.45) is 0. The molecule has 2 aromatic rings. The molecule has 0 unspecified atom stereocenters. The van der Waals surface area contributed by atoms with Crippen LogP contribution in [0, 0.1) is 11.3 Å². The zero-order valence-corrected chi connectivity index (χ0v) is 14.2. The molecule has 1 N–H and O–H groups in total. The molecule has 2 amide bonds. The number of halogens is 2. The van der Waals surface area contributed by atoms with E-state index in [0.717, 1.165) is 0 Å². The van der Waals surface area contributed by atoms with Crippen LogP contribution in [0.2, 0.25) is 10.0 Å². The number of benzene rings is 2. The van der Waals surface area contributed by atoms with E-state index in [1.807, 2.05) is 6.07 Å². The summed E-state index contributed by atoms with van der Waals surface area (Å²) in [5.41, 5.74) is 1.38. The van der Waals surface area contributed by atoms with Crippen LogP contribution in [-0.2, 0) is 9.59 Å². The first-order chi connectivity index (χ1) is 11.4. The molecule has 0 aliphatic heterocycles. The highest BCUT2D eigenvalue weighted by molar-refractivity contribution is 6.35. The Morgan fingerprint density at radius 1 is 1.17 bits per heavy atom. The van der Waals surface area contributed by atoms with Crippen LogP contribution in [0.5, 0.6) is 0 Å². The summed E-state index contributed by atoms with van der Waals surface area (Å²) in [6.45, 7) is 1.13. The lowest BCUT2D eigenvalue weighted by Gasteiger charge is -2.22. The highest BCUT2D eigenvalue weighted by atomic mass is 35.5. The second-order valence-electron chi connectivity index (χ2n) is 4.94. The van der Waals surface area contributed by atoms with Gasteiger partial charge >= 0.3 is 0 Å². The zero-order valence-electron chi connectivity index (χ0n) is 12.7. The van der Waals surface area contributed by atoms with E-state index in [0.29, 0.717) is 27.0 Å². The Hall–Kier alpha value is -2.55. The number of nitriles is 1. The van der Waals surface area contributed by atoms with E-state index in [4.69, 9.17) is 28.5 Å². The molecule has 0 fully saturated rings. The Labute approximate surface area is 149 Å². The maximum absolute atomic E-state index is 12.2. The van der Waals surface area contributed by atoms with Gasteiger partial charge in [0, 0.05) is 17.6 Å². The summed E-state index contributed by atoms with van der Waals surface area (Å²) in [6, 6.07) is 13.1. The normalized spacial score (nSPS) is 9.92. The van der Waals surface area contributed by atoms with Crippen molar-refractivity contribution in [1.29, 1.82) is 5.26 Å². The molecule has 0 heterocycles. The average molecular weight is 362 g/mol. The van der Waals surface area contributed by atoms with Crippen LogP contribution in [0.25, 0.3) is 0 Å². The van der Waals surface area contributed by atoms with Crippen LogP contribution in [0.15, 0.2) is 42.5 Å². The third kappa shape index (κ3) is 4.48. The van der Waals surface area contributed by atoms with E-state index < -0.39 is 5.91 Å². The Bertz CT molecular complexity index is 814. The van der Waals surface area contributed by atoms with Crippen molar-refractivity contribution in [1.82, 2.24) is 0 Å². The number of nitrogens with one attached hydrogen (secondary N) is 1. The molecule has 24 heavy (non-hydrogen) atoms. The van der Waals surface area contributed by atoms with Gasteiger partial charge in [0.05, 0.1) is 22.3 Å². The first-order valence-electron chi connectivity index (χ1n) is 6.94. The van der Waals surface area contributed by atoms with Gasteiger partial charge < -0.3 is 10.2 Å². The Morgan fingerprint density at radius 2 is 1.83 bits per heavy atom. The van der Waals surface area contributed by atoms with E-state index in [2.05, 4.69) is 5.32 Å². The lowest BCUT2D eigenvalue weighted by molar-refractivity contribution is -0.120. The van der Waals surface area contributed by atoms with Crippen molar-refractivity contribution in [2.75, 3.05) is 16.8 Å². The van der Waals surface area contributed by atoms with Crippen LogP contribution in [0.4, 0.5) is 11.4 Å². The standard InChI is InChI=1S/C17H13Cl2N3O2/c1-11(23)22(16-8-13(18)4-7-15(16)19)10-17(24)21-14-5-2-12(9-20)3-6-14/h2-8H,10H2,1H3,(H,21,24). The average Bonchev–Trinajstić information content (AvgIpc) is 2.55. The maximum atomic E-state index is 12.2. The topological polar surface area (TPSA) is 73.2 Å². The number of nitrogens with zero attached hydrogens (tertiary/aromatic N) is 2. The molecule has 2 rings (SSSR count). The lowest BCUT2D eigenvalue weighted by Crippen LogP contribution is -2.36. The van der Waals surface area contributed by atoms with E-state index in [1.54, 1.807) is 36.4 Å². The number of carbonyl (C=O) groups is 2. The fraction of sp³-hybridized carbons (Fsp3) is 0.118. The molecule has 0 radical (unpaired) electrons. The first-order valence-corrected chi connectivity index (χ1v) is 7.69. The minimum absolute atomic E-state index is 0.213. The van der Waals surface area contributed by atoms with Gasteiger partial charge in [0.2, 0.25) is 11.8 Å². The summed E-state index contributed by atoms with van der Waals surface area (Å²) in [5, 5.41) is 12.2. The molecule has 7 heteroatoms. The third-order valence-electron chi connectivity index (χ3n) is 3.18. The van der Waals surface area contributed by atoms with Gasteiger partial charge in [-0.2, -0.15) is 5.26 Å². The van der Waals surface area contributed by atoms with Gasteiger partial charge in [-0.3, -0.25) is 9.59 Å². The van der Waals surface area contributed by atoms with Gasteiger partial charge in [0.15, 0.2) is 0 Å². The molecule has 0 bridgehead atoms. The monoisotopic (exact) mass is 361 g/mol. The molecular formula is C17H13Cl2N3O2. The highest BCUT2D eigenvalue weighted by Gasteiger charge is 2.19. The highest BCUT2D eigenvalue weighted by Crippen LogP contribution is 2.29. The van der Waals surface area contributed by atoms with Gasteiger partial charge in [-0.25, -0.2) is 0 Å². The van der Waals surface area contributed by atoms with Crippen molar-refractivity contribution in [2.45, 2.75) is 6.92 Å². The third-order valence-corrected chi connectivity index (χ3v) is 3.73. The smallest absolute Gasteiger partial charge is 0.244 e. The quantitative estimate of drug-likeness (QED) is 0.898. The maximum Gasteiger partial charge on any atom is 0.244 e.